The maximum atomic E-state index is 13.2. The van der Waals surface area contributed by atoms with Crippen LogP contribution < -0.4 is 5.32 Å². The van der Waals surface area contributed by atoms with Crippen LogP contribution in [0.5, 0.6) is 0 Å². The van der Waals surface area contributed by atoms with E-state index in [0.717, 1.165) is 25.7 Å². The zero-order valence-corrected chi connectivity index (χ0v) is 26.0. The van der Waals surface area contributed by atoms with Gasteiger partial charge in [-0.05, 0) is 46.6 Å². The minimum absolute atomic E-state index is 0.0476. The van der Waals surface area contributed by atoms with E-state index >= 15 is 0 Å². The number of hydrogen-bond acceptors (Lipinski definition) is 11. The second-order valence-corrected chi connectivity index (χ2v) is 15.9. The number of anilines is 1. The number of ether oxygens (including phenoxy) is 3. The molecule has 0 spiro atoms. The number of halogens is 1. The largest absolute Gasteiger partial charge is 0.381 e. The number of hydrogen-bond donors (Lipinski definition) is 1. The highest BCUT2D eigenvalue weighted by atomic mass is 35.5. The van der Waals surface area contributed by atoms with Crippen molar-refractivity contribution < 1.29 is 36.2 Å². The first-order valence-electron chi connectivity index (χ1n) is 13.9. The van der Waals surface area contributed by atoms with Crippen molar-refractivity contribution in [3.05, 3.63) is 23.0 Å². The van der Waals surface area contributed by atoms with Crippen LogP contribution in [0.3, 0.4) is 0 Å². The van der Waals surface area contributed by atoms with Crippen LogP contribution in [0.2, 0.25) is 5.15 Å². The van der Waals surface area contributed by atoms with Gasteiger partial charge in [0.2, 0.25) is 0 Å². The molecule has 226 valence electrons. The van der Waals surface area contributed by atoms with Crippen LogP contribution in [-0.4, -0.2) is 72.6 Å². The van der Waals surface area contributed by atoms with E-state index in [4.69, 9.17) is 34.9 Å². The normalized spacial score (nSPS) is 26.4. The zero-order chi connectivity index (χ0) is 29.6. The molecular formula is C26H36ClN4O8PS. The van der Waals surface area contributed by atoms with Gasteiger partial charge in [0.15, 0.2) is 32.5 Å². The molecule has 1 aliphatic carbocycles. The number of pyridine rings is 1. The predicted molar refractivity (Wildman–Crippen MR) is 153 cm³/mol. The molecule has 2 aromatic rings. The quantitative estimate of drug-likeness (QED) is 0.265. The van der Waals surface area contributed by atoms with Gasteiger partial charge in [-0.2, -0.15) is 5.26 Å². The second kappa shape index (κ2) is 11.7. The Morgan fingerprint density at radius 3 is 2.51 bits per heavy atom. The average Bonchev–Trinajstić information content (AvgIpc) is 3.64. The highest BCUT2D eigenvalue weighted by molar-refractivity contribution is 7.97. The minimum atomic E-state index is -3.98. The Kier molecular flexibility index (Phi) is 8.79. The Hall–Kier alpha value is -1.75. The SMILES string of the molecule is CCOP(=O)(CS(=O)(=O)C[C@H]1O[C@@H](n2ccc3c(NC4CCCC4)c(C#N)c(Cl)nc32)[C@@H]2OC(C)(C)O[C@@H]21)OCC. The third-order valence-corrected chi connectivity index (χ3v) is 12.7. The van der Waals surface area contributed by atoms with Gasteiger partial charge in [0.1, 0.15) is 35.6 Å². The number of nitrogens with zero attached hydrogens (tertiary/aromatic N) is 3. The number of sulfone groups is 1. The van der Waals surface area contributed by atoms with Crippen molar-refractivity contribution in [3.63, 3.8) is 0 Å². The number of rotatable bonds is 11. The smallest absolute Gasteiger partial charge is 0.345 e. The van der Waals surface area contributed by atoms with E-state index in [0.29, 0.717) is 16.7 Å². The Balaban J connectivity index is 1.47. The molecule has 5 rings (SSSR count). The van der Waals surface area contributed by atoms with Gasteiger partial charge in [-0.3, -0.25) is 4.57 Å². The van der Waals surface area contributed by atoms with Crippen LogP contribution in [0, 0.1) is 11.3 Å². The van der Waals surface area contributed by atoms with E-state index < -0.39 is 59.0 Å². The van der Waals surface area contributed by atoms with Crippen LogP contribution in [-0.2, 0) is 37.7 Å². The van der Waals surface area contributed by atoms with Gasteiger partial charge in [-0.15, -0.1) is 0 Å². The summed E-state index contributed by atoms with van der Waals surface area (Å²) in [6, 6.07) is 4.23. The van der Waals surface area contributed by atoms with Gasteiger partial charge in [-0.1, -0.05) is 24.4 Å². The molecule has 2 saturated heterocycles. The van der Waals surface area contributed by atoms with Crippen LogP contribution in [0.1, 0.15) is 65.2 Å². The molecule has 4 heterocycles. The summed E-state index contributed by atoms with van der Waals surface area (Å²) in [5, 5.41) is 14.1. The lowest BCUT2D eigenvalue weighted by Crippen LogP contribution is -2.35. The Labute approximate surface area is 245 Å². The molecule has 0 radical (unpaired) electrons. The summed E-state index contributed by atoms with van der Waals surface area (Å²) in [7, 11) is -7.84. The Bertz CT molecular complexity index is 1480. The molecule has 3 fully saturated rings. The van der Waals surface area contributed by atoms with Crippen LogP contribution >= 0.6 is 19.2 Å². The molecule has 15 heteroatoms. The van der Waals surface area contributed by atoms with Gasteiger partial charge in [0, 0.05) is 17.6 Å². The second-order valence-electron chi connectivity index (χ2n) is 11.0. The summed E-state index contributed by atoms with van der Waals surface area (Å²) >= 11 is 6.50. The average molecular weight is 631 g/mol. The van der Waals surface area contributed by atoms with E-state index in [-0.39, 0.29) is 30.0 Å². The summed E-state index contributed by atoms with van der Waals surface area (Å²) in [6.45, 7) is 6.83. The lowest BCUT2D eigenvalue weighted by molar-refractivity contribution is -0.193. The van der Waals surface area contributed by atoms with E-state index in [1.54, 1.807) is 38.5 Å². The number of fused-ring (bicyclic) bond motifs is 2. The number of nitriles is 1. The lowest BCUT2D eigenvalue weighted by atomic mass is 10.1. The van der Waals surface area contributed by atoms with Crippen molar-refractivity contribution in [1.82, 2.24) is 9.55 Å². The van der Waals surface area contributed by atoms with Crippen molar-refractivity contribution in [2.75, 3.05) is 29.8 Å². The van der Waals surface area contributed by atoms with Gasteiger partial charge < -0.3 is 33.1 Å². The van der Waals surface area contributed by atoms with Crippen LogP contribution in [0.4, 0.5) is 5.69 Å². The molecule has 4 atom stereocenters. The predicted octanol–water partition coefficient (Wildman–Crippen LogP) is 4.97. The van der Waals surface area contributed by atoms with Crippen molar-refractivity contribution in [2.45, 2.75) is 89.7 Å². The van der Waals surface area contributed by atoms with Crippen LogP contribution in [0.15, 0.2) is 12.3 Å². The first-order chi connectivity index (χ1) is 19.4. The highest BCUT2D eigenvalue weighted by Gasteiger charge is 2.57. The third-order valence-electron chi connectivity index (χ3n) is 7.46. The fraction of sp³-hybridized carbons (Fsp3) is 0.692. The molecule has 12 nitrogen and oxygen atoms in total. The highest BCUT2D eigenvalue weighted by Crippen LogP contribution is 2.50. The van der Waals surface area contributed by atoms with Gasteiger partial charge in [0.25, 0.3) is 0 Å². The topological polar surface area (TPSA) is 151 Å². The maximum absolute atomic E-state index is 13.2. The van der Waals surface area contributed by atoms with E-state index in [2.05, 4.69) is 16.4 Å². The molecule has 3 aliphatic rings. The van der Waals surface area contributed by atoms with E-state index in [1.807, 2.05) is 6.07 Å². The van der Waals surface area contributed by atoms with Gasteiger partial charge in [-0.25, -0.2) is 13.4 Å². The Morgan fingerprint density at radius 2 is 1.88 bits per heavy atom. The molecule has 2 aromatic heterocycles. The Morgan fingerprint density at radius 1 is 1.22 bits per heavy atom. The lowest BCUT2D eigenvalue weighted by Gasteiger charge is -2.25. The third kappa shape index (κ3) is 6.31. The standard InChI is InChI=1S/C26H36ClN4O8PS/c1-5-35-40(32,36-6-2)15-41(33,34)14-19-21-22(39-26(3,4)38-21)25(37-19)31-12-11-17-20(29-16-9-7-8-10-16)18(13-28)23(27)30-24(17)31/h11-12,16,19,21-22,25H,5-10,14-15H2,1-4H3,(H,29,30)/t19-,21-,22-,25-/m1/s1. The summed E-state index contributed by atoms with van der Waals surface area (Å²) in [6.07, 6.45) is 2.85. The molecule has 1 N–H and O–H groups in total. The summed E-state index contributed by atoms with van der Waals surface area (Å²) in [5.74, 6) is -1.47. The molecule has 0 amide bonds. The fourth-order valence-electron chi connectivity index (χ4n) is 5.94. The van der Waals surface area contributed by atoms with Crippen molar-refractivity contribution in [3.8, 4) is 6.07 Å². The summed E-state index contributed by atoms with van der Waals surface area (Å²) in [4.78, 5) is 4.53. The van der Waals surface area contributed by atoms with E-state index in [9.17, 15) is 18.2 Å². The zero-order valence-electron chi connectivity index (χ0n) is 23.5. The summed E-state index contributed by atoms with van der Waals surface area (Å²) < 4.78 is 70.3. The van der Waals surface area contributed by atoms with Crippen molar-refractivity contribution >= 4 is 45.8 Å². The molecule has 2 aliphatic heterocycles. The van der Waals surface area contributed by atoms with Gasteiger partial charge >= 0.3 is 7.60 Å². The monoisotopic (exact) mass is 630 g/mol. The minimum Gasteiger partial charge on any atom is -0.381 e. The molecule has 0 unspecified atom stereocenters. The summed E-state index contributed by atoms with van der Waals surface area (Å²) in [5.41, 5.74) is 0.582. The molecular weight excluding hydrogens is 595 g/mol. The van der Waals surface area contributed by atoms with Crippen LogP contribution in [0.25, 0.3) is 11.0 Å². The molecule has 41 heavy (non-hydrogen) atoms. The van der Waals surface area contributed by atoms with Crippen molar-refractivity contribution in [2.24, 2.45) is 0 Å². The first kappa shape index (κ1) is 30.7. The fourth-order valence-corrected chi connectivity index (χ4v) is 10.7. The van der Waals surface area contributed by atoms with Gasteiger partial charge in [0.05, 0.1) is 24.7 Å². The molecule has 0 aromatic carbocycles. The molecule has 1 saturated carbocycles. The van der Waals surface area contributed by atoms with Crippen molar-refractivity contribution in [1.29, 1.82) is 5.26 Å². The number of aromatic nitrogens is 2. The number of nitrogens with one attached hydrogen (secondary N) is 1. The molecule has 0 bridgehead atoms. The van der Waals surface area contributed by atoms with E-state index in [1.165, 1.54) is 0 Å². The maximum Gasteiger partial charge on any atom is 0.345 e. The first-order valence-corrected chi connectivity index (χ1v) is 17.8.